The minimum absolute atomic E-state index is 0.112. The molecule has 0 bridgehead atoms. The van der Waals surface area contributed by atoms with E-state index in [2.05, 4.69) is 4.90 Å². The number of rotatable bonds is 3. The standard InChI is InChI=1S/C12H22N2O2/c15-12(14-8-2-1-3-9-14)16-11-10-13-6-4-5-7-13/h1-11H2. The number of hydrogen-bond acceptors (Lipinski definition) is 3. The second-order valence-corrected chi connectivity index (χ2v) is 4.71. The normalized spacial score (nSPS) is 22.4. The summed E-state index contributed by atoms with van der Waals surface area (Å²) in [4.78, 5) is 15.9. The molecule has 0 unspecified atom stereocenters. The minimum atomic E-state index is -0.112. The number of carbonyl (C=O) groups excluding carboxylic acids is 1. The van der Waals surface area contributed by atoms with Crippen LogP contribution in [0, 0.1) is 0 Å². The van der Waals surface area contributed by atoms with Crippen molar-refractivity contribution in [3.63, 3.8) is 0 Å². The van der Waals surface area contributed by atoms with Crippen LogP contribution in [0.3, 0.4) is 0 Å². The lowest BCUT2D eigenvalue weighted by Crippen LogP contribution is -2.37. The summed E-state index contributed by atoms with van der Waals surface area (Å²) in [5.41, 5.74) is 0. The molecular weight excluding hydrogens is 204 g/mol. The Labute approximate surface area is 97.5 Å². The van der Waals surface area contributed by atoms with Gasteiger partial charge in [-0.05, 0) is 45.2 Å². The van der Waals surface area contributed by atoms with E-state index in [0.717, 1.165) is 32.5 Å². The van der Waals surface area contributed by atoms with Crippen LogP contribution in [0.1, 0.15) is 32.1 Å². The number of ether oxygens (including phenoxy) is 1. The molecule has 0 N–H and O–H groups in total. The lowest BCUT2D eigenvalue weighted by molar-refractivity contribution is 0.0871. The molecule has 16 heavy (non-hydrogen) atoms. The second kappa shape index (κ2) is 6.09. The maximum absolute atomic E-state index is 11.7. The Balaban J connectivity index is 1.59. The van der Waals surface area contributed by atoms with Gasteiger partial charge in [0.05, 0.1) is 0 Å². The van der Waals surface area contributed by atoms with Gasteiger partial charge in [0.2, 0.25) is 0 Å². The van der Waals surface area contributed by atoms with Crippen LogP contribution in [0.15, 0.2) is 0 Å². The smallest absolute Gasteiger partial charge is 0.409 e. The second-order valence-electron chi connectivity index (χ2n) is 4.71. The summed E-state index contributed by atoms with van der Waals surface area (Å²) in [6.07, 6.45) is 5.97. The van der Waals surface area contributed by atoms with E-state index in [0.29, 0.717) is 6.61 Å². The number of likely N-dealkylation sites (tertiary alicyclic amines) is 2. The average Bonchev–Trinajstić information content (AvgIpc) is 2.83. The third-order valence-electron chi connectivity index (χ3n) is 3.45. The Kier molecular flexibility index (Phi) is 4.45. The first kappa shape index (κ1) is 11.7. The Morgan fingerprint density at radius 1 is 0.938 bits per heavy atom. The van der Waals surface area contributed by atoms with Gasteiger partial charge < -0.3 is 9.64 Å². The van der Waals surface area contributed by atoms with Crippen LogP contribution in [-0.2, 0) is 4.74 Å². The molecule has 0 aromatic carbocycles. The summed E-state index contributed by atoms with van der Waals surface area (Å²) in [5, 5.41) is 0. The van der Waals surface area contributed by atoms with Crippen LogP contribution in [-0.4, -0.2) is 55.2 Å². The topological polar surface area (TPSA) is 32.8 Å². The Morgan fingerprint density at radius 3 is 2.25 bits per heavy atom. The summed E-state index contributed by atoms with van der Waals surface area (Å²) in [5.74, 6) is 0. The van der Waals surface area contributed by atoms with Crippen molar-refractivity contribution in [1.29, 1.82) is 0 Å². The van der Waals surface area contributed by atoms with Crippen molar-refractivity contribution in [1.82, 2.24) is 9.80 Å². The van der Waals surface area contributed by atoms with Crippen molar-refractivity contribution in [2.24, 2.45) is 0 Å². The highest BCUT2D eigenvalue weighted by atomic mass is 16.6. The van der Waals surface area contributed by atoms with Gasteiger partial charge in [0.1, 0.15) is 6.61 Å². The van der Waals surface area contributed by atoms with Crippen molar-refractivity contribution in [2.45, 2.75) is 32.1 Å². The fourth-order valence-electron chi connectivity index (χ4n) is 2.44. The van der Waals surface area contributed by atoms with Gasteiger partial charge in [-0.1, -0.05) is 0 Å². The highest BCUT2D eigenvalue weighted by Gasteiger charge is 2.18. The number of nitrogens with zero attached hydrogens (tertiary/aromatic N) is 2. The van der Waals surface area contributed by atoms with Gasteiger partial charge in [0.25, 0.3) is 0 Å². The van der Waals surface area contributed by atoms with E-state index in [4.69, 9.17) is 4.74 Å². The van der Waals surface area contributed by atoms with Crippen LogP contribution in [0.2, 0.25) is 0 Å². The zero-order valence-corrected chi connectivity index (χ0v) is 9.99. The molecule has 1 amide bonds. The fraction of sp³-hybridized carbons (Fsp3) is 0.917. The van der Waals surface area contributed by atoms with Crippen molar-refractivity contribution in [3.05, 3.63) is 0 Å². The summed E-state index contributed by atoms with van der Waals surface area (Å²) >= 11 is 0. The van der Waals surface area contributed by atoms with Gasteiger partial charge in [-0.25, -0.2) is 4.79 Å². The Bertz CT molecular complexity index is 221. The molecule has 2 rings (SSSR count). The van der Waals surface area contributed by atoms with E-state index < -0.39 is 0 Å². The van der Waals surface area contributed by atoms with Gasteiger partial charge in [0, 0.05) is 19.6 Å². The Hall–Kier alpha value is -0.770. The number of piperidine rings is 1. The Morgan fingerprint density at radius 2 is 1.56 bits per heavy atom. The molecule has 2 saturated heterocycles. The molecule has 4 heteroatoms. The summed E-state index contributed by atoms with van der Waals surface area (Å²) in [6.45, 7) is 5.54. The first-order valence-electron chi connectivity index (χ1n) is 6.50. The molecule has 0 aromatic heterocycles. The van der Waals surface area contributed by atoms with E-state index in [-0.39, 0.29) is 6.09 Å². The van der Waals surface area contributed by atoms with Gasteiger partial charge in [0.15, 0.2) is 0 Å². The van der Waals surface area contributed by atoms with Gasteiger partial charge >= 0.3 is 6.09 Å². The maximum atomic E-state index is 11.7. The van der Waals surface area contributed by atoms with Crippen molar-refractivity contribution < 1.29 is 9.53 Å². The van der Waals surface area contributed by atoms with Crippen LogP contribution >= 0.6 is 0 Å². The van der Waals surface area contributed by atoms with E-state index in [1.165, 1.54) is 32.4 Å². The molecule has 0 saturated carbocycles. The molecule has 0 radical (unpaired) electrons. The highest BCUT2D eigenvalue weighted by molar-refractivity contribution is 5.67. The van der Waals surface area contributed by atoms with Crippen molar-refractivity contribution in [2.75, 3.05) is 39.3 Å². The van der Waals surface area contributed by atoms with Crippen molar-refractivity contribution in [3.8, 4) is 0 Å². The summed E-state index contributed by atoms with van der Waals surface area (Å²) < 4.78 is 5.29. The number of carbonyl (C=O) groups is 1. The molecule has 2 fully saturated rings. The largest absolute Gasteiger partial charge is 0.448 e. The molecule has 0 spiro atoms. The first-order valence-corrected chi connectivity index (χ1v) is 6.50. The third-order valence-corrected chi connectivity index (χ3v) is 3.45. The molecule has 0 atom stereocenters. The highest BCUT2D eigenvalue weighted by Crippen LogP contribution is 2.10. The van der Waals surface area contributed by atoms with E-state index in [9.17, 15) is 4.79 Å². The molecule has 92 valence electrons. The van der Waals surface area contributed by atoms with Gasteiger partial charge in [-0.3, -0.25) is 4.90 Å². The van der Waals surface area contributed by atoms with Crippen molar-refractivity contribution >= 4 is 6.09 Å². The predicted octanol–water partition coefficient (Wildman–Crippen LogP) is 1.70. The van der Waals surface area contributed by atoms with Crippen LogP contribution in [0.4, 0.5) is 4.79 Å². The van der Waals surface area contributed by atoms with Crippen LogP contribution in [0.5, 0.6) is 0 Å². The molecule has 2 aliphatic rings. The zero-order valence-electron chi connectivity index (χ0n) is 9.99. The van der Waals surface area contributed by atoms with Gasteiger partial charge in [-0.15, -0.1) is 0 Å². The lowest BCUT2D eigenvalue weighted by Gasteiger charge is -2.26. The third kappa shape index (κ3) is 3.37. The van der Waals surface area contributed by atoms with Gasteiger partial charge in [-0.2, -0.15) is 0 Å². The number of amides is 1. The molecule has 4 nitrogen and oxygen atoms in total. The minimum Gasteiger partial charge on any atom is -0.448 e. The van der Waals surface area contributed by atoms with E-state index in [1.807, 2.05) is 4.90 Å². The SMILES string of the molecule is O=C(OCCN1CCCC1)N1CCCCC1. The molecule has 2 heterocycles. The monoisotopic (exact) mass is 226 g/mol. The van der Waals surface area contributed by atoms with Crippen LogP contribution in [0.25, 0.3) is 0 Å². The molecular formula is C12H22N2O2. The maximum Gasteiger partial charge on any atom is 0.409 e. The zero-order chi connectivity index (χ0) is 11.2. The number of hydrogen-bond donors (Lipinski definition) is 0. The molecule has 2 aliphatic heterocycles. The average molecular weight is 226 g/mol. The molecule has 0 aliphatic carbocycles. The predicted molar refractivity (Wildman–Crippen MR) is 62.4 cm³/mol. The van der Waals surface area contributed by atoms with Crippen LogP contribution < -0.4 is 0 Å². The van der Waals surface area contributed by atoms with E-state index >= 15 is 0 Å². The summed E-state index contributed by atoms with van der Waals surface area (Å²) in [6, 6.07) is 0. The fourth-order valence-corrected chi connectivity index (χ4v) is 2.44. The lowest BCUT2D eigenvalue weighted by atomic mass is 10.1. The quantitative estimate of drug-likeness (QED) is 0.734. The first-order chi connectivity index (χ1) is 7.86. The van der Waals surface area contributed by atoms with E-state index in [1.54, 1.807) is 0 Å². The molecule has 0 aromatic rings. The summed E-state index contributed by atoms with van der Waals surface area (Å²) in [7, 11) is 0.